The highest BCUT2D eigenvalue weighted by Gasteiger charge is 2.52. The predicted molar refractivity (Wildman–Crippen MR) is 111 cm³/mol. The fraction of sp³-hybridized carbons (Fsp3) is 0.600. The third-order valence-corrected chi connectivity index (χ3v) is 7.23. The lowest BCUT2D eigenvalue weighted by atomic mass is 9.53. The predicted octanol–water partition coefficient (Wildman–Crippen LogP) is 4.79. The molecule has 3 aliphatic carbocycles. The topological polar surface area (TPSA) is 90.1 Å². The van der Waals surface area contributed by atoms with Gasteiger partial charge in [-0.25, -0.2) is 18.6 Å². The first-order valence-electron chi connectivity index (χ1n) is 9.91. The van der Waals surface area contributed by atoms with E-state index in [1.165, 1.54) is 19.9 Å². The first-order valence-corrected chi connectivity index (χ1v) is 11.0. The van der Waals surface area contributed by atoms with Crippen molar-refractivity contribution >= 4 is 28.7 Å². The number of amides is 1. The number of halogens is 3. The van der Waals surface area contributed by atoms with Gasteiger partial charge in [0, 0.05) is 18.0 Å². The number of hydrogen-bond acceptors (Lipinski definition) is 6. The lowest BCUT2D eigenvalue weighted by Crippen LogP contribution is -2.50. The van der Waals surface area contributed by atoms with Gasteiger partial charge in [0.25, 0.3) is 5.89 Å². The molecule has 2 aromatic heterocycles. The standard InChI is InChI=1S/C20H23F2IN4O3/c1-18(2,22)16-26-15(27-30-16)20-6-3-19(4-7-20,5-8-20)11-25-17(28)29-14-9-13(23)12(21)10-24-14/h9-10H,3-8,11H2,1-2H3,(H,25,28). The summed E-state index contributed by atoms with van der Waals surface area (Å²) in [5, 5.41) is 6.91. The van der Waals surface area contributed by atoms with Crippen molar-refractivity contribution in [2.45, 2.75) is 63.5 Å². The zero-order valence-electron chi connectivity index (χ0n) is 16.8. The van der Waals surface area contributed by atoms with Crippen molar-refractivity contribution in [2.24, 2.45) is 5.41 Å². The number of aromatic nitrogens is 3. The molecule has 30 heavy (non-hydrogen) atoms. The van der Waals surface area contributed by atoms with E-state index in [4.69, 9.17) is 9.26 Å². The molecule has 0 radical (unpaired) electrons. The zero-order chi connectivity index (χ0) is 21.6. The molecule has 0 spiro atoms. The van der Waals surface area contributed by atoms with Gasteiger partial charge in [-0.05, 0) is 80.4 Å². The number of pyridine rings is 1. The Bertz CT molecular complexity index is 935. The van der Waals surface area contributed by atoms with Gasteiger partial charge in [0.05, 0.1) is 9.77 Å². The number of alkyl halides is 1. The monoisotopic (exact) mass is 532 g/mol. The highest BCUT2D eigenvalue weighted by atomic mass is 127. The normalized spacial score (nSPS) is 25.9. The van der Waals surface area contributed by atoms with E-state index in [0.717, 1.165) is 44.7 Å². The number of ether oxygens (including phenoxy) is 1. The molecule has 3 aliphatic rings. The molecule has 10 heteroatoms. The third kappa shape index (κ3) is 4.15. The fourth-order valence-electron chi connectivity index (χ4n) is 4.39. The molecule has 0 aliphatic heterocycles. The Balaban J connectivity index is 1.34. The van der Waals surface area contributed by atoms with Crippen molar-refractivity contribution in [1.29, 1.82) is 0 Å². The molecule has 0 saturated heterocycles. The summed E-state index contributed by atoms with van der Waals surface area (Å²) >= 11 is 1.81. The van der Waals surface area contributed by atoms with E-state index in [1.54, 1.807) is 0 Å². The summed E-state index contributed by atoms with van der Waals surface area (Å²) in [6.07, 6.45) is 5.75. The average molecular weight is 532 g/mol. The summed E-state index contributed by atoms with van der Waals surface area (Å²) in [6, 6.07) is 1.38. The van der Waals surface area contributed by atoms with Crippen LogP contribution < -0.4 is 10.1 Å². The molecular weight excluding hydrogens is 509 g/mol. The lowest BCUT2D eigenvalue weighted by molar-refractivity contribution is 0.0350. The maximum Gasteiger partial charge on any atom is 0.413 e. The summed E-state index contributed by atoms with van der Waals surface area (Å²) in [5.74, 6) is 0.216. The second-order valence-corrected chi connectivity index (χ2v) is 10.0. The molecule has 3 fully saturated rings. The quantitative estimate of drug-likeness (QED) is 0.557. The van der Waals surface area contributed by atoms with Gasteiger partial charge in [-0.3, -0.25) is 0 Å². The van der Waals surface area contributed by atoms with Gasteiger partial charge in [0.15, 0.2) is 17.3 Å². The summed E-state index contributed by atoms with van der Waals surface area (Å²) in [5.41, 5.74) is -1.84. The summed E-state index contributed by atoms with van der Waals surface area (Å²) in [6.45, 7) is 3.30. The van der Waals surface area contributed by atoms with Gasteiger partial charge in [-0.1, -0.05) is 5.16 Å². The van der Waals surface area contributed by atoms with E-state index >= 15 is 0 Å². The largest absolute Gasteiger partial charge is 0.413 e. The van der Waals surface area contributed by atoms with Crippen LogP contribution in [-0.4, -0.2) is 27.8 Å². The van der Waals surface area contributed by atoms with Gasteiger partial charge < -0.3 is 14.6 Å². The summed E-state index contributed by atoms with van der Waals surface area (Å²) < 4.78 is 38.0. The smallest absolute Gasteiger partial charge is 0.391 e. The van der Waals surface area contributed by atoms with Crippen LogP contribution in [0.3, 0.4) is 0 Å². The maximum atomic E-state index is 14.1. The molecule has 1 amide bonds. The molecule has 1 N–H and O–H groups in total. The first-order chi connectivity index (χ1) is 14.1. The Morgan fingerprint density at radius 3 is 2.53 bits per heavy atom. The molecule has 0 unspecified atom stereocenters. The first kappa shape index (κ1) is 21.4. The Kier molecular flexibility index (Phi) is 5.48. The molecule has 5 rings (SSSR count). The molecule has 0 atom stereocenters. The van der Waals surface area contributed by atoms with Crippen LogP contribution in [0.15, 0.2) is 16.8 Å². The Labute approximate surface area is 186 Å². The second kappa shape index (κ2) is 7.69. The molecule has 0 aromatic carbocycles. The van der Waals surface area contributed by atoms with Gasteiger partial charge in [-0.2, -0.15) is 4.98 Å². The van der Waals surface area contributed by atoms with Crippen LogP contribution in [-0.2, 0) is 11.1 Å². The minimum absolute atomic E-state index is 0.00263. The van der Waals surface area contributed by atoms with Crippen LogP contribution in [0, 0.1) is 14.8 Å². The molecule has 2 heterocycles. The van der Waals surface area contributed by atoms with Gasteiger partial charge >= 0.3 is 6.09 Å². The van der Waals surface area contributed by atoms with E-state index in [-0.39, 0.29) is 22.6 Å². The fourth-order valence-corrected chi connectivity index (χ4v) is 4.79. The molecule has 7 nitrogen and oxygen atoms in total. The minimum atomic E-state index is -1.66. The number of rotatable bonds is 5. The Hall–Kier alpha value is -1.85. The number of carbonyl (C=O) groups excluding carboxylic acids is 1. The molecule has 162 valence electrons. The number of carbonyl (C=O) groups is 1. The van der Waals surface area contributed by atoms with E-state index < -0.39 is 17.6 Å². The van der Waals surface area contributed by atoms with Crippen LogP contribution >= 0.6 is 22.6 Å². The minimum Gasteiger partial charge on any atom is -0.391 e. The van der Waals surface area contributed by atoms with Crippen molar-refractivity contribution in [3.8, 4) is 5.88 Å². The van der Waals surface area contributed by atoms with Crippen molar-refractivity contribution < 1.29 is 22.8 Å². The van der Waals surface area contributed by atoms with E-state index in [9.17, 15) is 13.6 Å². The molecule has 2 aromatic rings. The van der Waals surface area contributed by atoms with Crippen molar-refractivity contribution in [3.63, 3.8) is 0 Å². The highest BCUT2D eigenvalue weighted by molar-refractivity contribution is 14.1. The molecule has 3 saturated carbocycles. The SMILES string of the molecule is CC(C)(F)c1nc(C23CCC(CNC(=O)Oc4cc(I)c(F)cn4)(CC2)CC3)no1. The van der Waals surface area contributed by atoms with Gasteiger partial charge in [-0.15, -0.1) is 0 Å². The van der Waals surface area contributed by atoms with Crippen molar-refractivity contribution in [3.05, 3.63) is 33.4 Å². The summed E-state index contributed by atoms with van der Waals surface area (Å²) in [4.78, 5) is 20.3. The number of hydrogen-bond donors (Lipinski definition) is 1. The third-order valence-electron chi connectivity index (χ3n) is 6.40. The Morgan fingerprint density at radius 2 is 1.97 bits per heavy atom. The van der Waals surface area contributed by atoms with Crippen LogP contribution in [0.1, 0.15) is 64.1 Å². The van der Waals surface area contributed by atoms with Crippen molar-refractivity contribution in [2.75, 3.05) is 6.54 Å². The zero-order valence-corrected chi connectivity index (χ0v) is 19.0. The van der Waals surface area contributed by atoms with Crippen LogP contribution in [0.25, 0.3) is 0 Å². The van der Waals surface area contributed by atoms with Crippen LogP contribution in [0.4, 0.5) is 13.6 Å². The molecular formula is C20H23F2IN4O3. The highest BCUT2D eigenvalue weighted by Crippen LogP contribution is 2.57. The Morgan fingerprint density at radius 1 is 1.30 bits per heavy atom. The van der Waals surface area contributed by atoms with Crippen molar-refractivity contribution in [1.82, 2.24) is 20.4 Å². The van der Waals surface area contributed by atoms with Gasteiger partial charge in [0.2, 0.25) is 5.88 Å². The van der Waals surface area contributed by atoms with E-state index in [0.29, 0.717) is 15.9 Å². The summed E-state index contributed by atoms with van der Waals surface area (Å²) in [7, 11) is 0. The maximum absolute atomic E-state index is 14.1. The van der Waals surface area contributed by atoms with Crippen LogP contribution in [0.5, 0.6) is 5.88 Å². The lowest BCUT2D eigenvalue weighted by Gasteiger charge is -2.52. The molecule has 2 bridgehead atoms. The van der Waals surface area contributed by atoms with Crippen LogP contribution in [0.2, 0.25) is 0 Å². The average Bonchev–Trinajstić information content (AvgIpc) is 3.23. The van der Waals surface area contributed by atoms with E-state index in [1.807, 2.05) is 22.6 Å². The van der Waals surface area contributed by atoms with Gasteiger partial charge in [0.1, 0.15) is 0 Å². The van der Waals surface area contributed by atoms with E-state index in [2.05, 4.69) is 20.4 Å². The number of nitrogens with zero attached hydrogens (tertiary/aromatic N) is 3. The second-order valence-electron chi connectivity index (χ2n) is 8.86. The number of nitrogens with one attached hydrogen (secondary N) is 1. The number of fused-ring (bicyclic) bond motifs is 3.